The number of hydrogen-bond acceptors (Lipinski definition) is 6. The van der Waals surface area contributed by atoms with E-state index < -0.39 is 5.97 Å². The molecule has 2 aromatic heterocycles. The monoisotopic (exact) mass is 260 g/mol. The number of nitrogens with one attached hydrogen (secondary N) is 1. The fourth-order valence-corrected chi connectivity index (χ4v) is 2.20. The van der Waals surface area contributed by atoms with Crippen molar-refractivity contribution in [3.05, 3.63) is 35.1 Å². The van der Waals surface area contributed by atoms with Gasteiger partial charge >= 0.3 is 5.97 Å². The molecule has 1 aliphatic carbocycles. The van der Waals surface area contributed by atoms with Crippen molar-refractivity contribution in [3.63, 3.8) is 0 Å². The van der Waals surface area contributed by atoms with Crippen molar-refractivity contribution < 1.29 is 14.4 Å². The molecule has 7 heteroatoms. The van der Waals surface area contributed by atoms with Gasteiger partial charge in [-0.05, 0) is 30.9 Å². The van der Waals surface area contributed by atoms with Crippen LogP contribution in [0.4, 0.5) is 5.82 Å². The van der Waals surface area contributed by atoms with Crippen molar-refractivity contribution in [2.24, 2.45) is 0 Å². The second kappa shape index (κ2) is 4.68. The van der Waals surface area contributed by atoms with E-state index >= 15 is 0 Å². The zero-order valence-electron chi connectivity index (χ0n) is 10.1. The third-order valence-electron chi connectivity index (χ3n) is 3.10. The highest BCUT2D eigenvalue weighted by molar-refractivity contribution is 5.93. The Bertz CT molecular complexity index is 610. The van der Waals surface area contributed by atoms with Gasteiger partial charge in [0, 0.05) is 5.69 Å². The molecule has 0 unspecified atom stereocenters. The van der Waals surface area contributed by atoms with Crippen molar-refractivity contribution in [3.8, 4) is 0 Å². The maximum atomic E-state index is 11.3. The van der Waals surface area contributed by atoms with Crippen LogP contribution in [0, 0.1) is 0 Å². The Balaban J connectivity index is 1.88. The lowest BCUT2D eigenvalue weighted by Crippen LogP contribution is -2.11. The topological polar surface area (TPSA) is 101 Å². The Morgan fingerprint density at radius 1 is 1.47 bits per heavy atom. The van der Waals surface area contributed by atoms with Crippen LogP contribution in [-0.2, 0) is 19.4 Å². The van der Waals surface area contributed by atoms with Gasteiger partial charge in [-0.1, -0.05) is 5.16 Å². The van der Waals surface area contributed by atoms with Crippen LogP contribution in [0.2, 0.25) is 0 Å². The van der Waals surface area contributed by atoms with E-state index in [1.165, 1.54) is 6.39 Å². The number of fused-ring (bicyclic) bond motifs is 1. The van der Waals surface area contributed by atoms with Crippen LogP contribution >= 0.6 is 0 Å². The van der Waals surface area contributed by atoms with E-state index in [9.17, 15) is 9.90 Å². The highest BCUT2D eigenvalue weighted by Crippen LogP contribution is 2.25. The molecule has 2 aromatic rings. The van der Waals surface area contributed by atoms with E-state index in [2.05, 4.69) is 25.0 Å². The molecule has 3 rings (SSSR count). The number of carboxylic acids is 1. The molecule has 0 spiro atoms. The van der Waals surface area contributed by atoms with Crippen molar-refractivity contribution in [2.45, 2.75) is 25.8 Å². The molecular weight excluding hydrogens is 248 g/mol. The smallest absolute Gasteiger partial charge is 0.339 e. The first kappa shape index (κ1) is 11.6. The predicted octanol–water partition coefficient (Wildman–Crippen LogP) is 1.26. The maximum Gasteiger partial charge on any atom is 0.339 e. The summed E-state index contributed by atoms with van der Waals surface area (Å²) in [4.78, 5) is 19.5. The molecule has 2 N–H and O–H groups in total. The van der Waals surface area contributed by atoms with Crippen molar-refractivity contribution in [1.82, 2.24) is 15.1 Å². The Kier molecular flexibility index (Phi) is 2.86. The van der Waals surface area contributed by atoms with Crippen LogP contribution in [0.1, 0.15) is 33.9 Å². The number of nitrogens with zero attached hydrogens (tertiary/aromatic N) is 3. The lowest BCUT2D eigenvalue weighted by atomic mass is 10.1. The second-order valence-electron chi connectivity index (χ2n) is 4.35. The van der Waals surface area contributed by atoms with Gasteiger partial charge in [0.05, 0.1) is 6.54 Å². The molecule has 0 saturated carbocycles. The van der Waals surface area contributed by atoms with Crippen LogP contribution in [0.3, 0.4) is 0 Å². The van der Waals surface area contributed by atoms with Crippen LogP contribution < -0.4 is 5.32 Å². The highest BCUT2D eigenvalue weighted by atomic mass is 16.5. The SMILES string of the molecule is O=C(O)c1cc2c(nc1NCc1ncon1)CCC2. The van der Waals surface area contributed by atoms with Gasteiger partial charge in [0.1, 0.15) is 11.4 Å². The molecule has 0 bridgehead atoms. The first-order chi connectivity index (χ1) is 9.24. The maximum absolute atomic E-state index is 11.3. The predicted molar refractivity (Wildman–Crippen MR) is 64.8 cm³/mol. The summed E-state index contributed by atoms with van der Waals surface area (Å²) < 4.78 is 4.62. The molecule has 0 radical (unpaired) electrons. The second-order valence-corrected chi connectivity index (χ2v) is 4.35. The molecule has 98 valence electrons. The minimum absolute atomic E-state index is 0.184. The first-order valence-electron chi connectivity index (χ1n) is 5.99. The Morgan fingerprint density at radius 3 is 3.11 bits per heavy atom. The zero-order valence-corrected chi connectivity index (χ0v) is 10.1. The summed E-state index contributed by atoms with van der Waals surface area (Å²) in [5, 5.41) is 15.8. The number of carbonyl (C=O) groups is 1. The van der Waals surface area contributed by atoms with Gasteiger partial charge in [-0.2, -0.15) is 4.98 Å². The van der Waals surface area contributed by atoms with Gasteiger partial charge in [-0.15, -0.1) is 0 Å². The number of aromatic carboxylic acids is 1. The minimum Gasteiger partial charge on any atom is -0.478 e. The van der Waals surface area contributed by atoms with Gasteiger partial charge in [-0.25, -0.2) is 9.78 Å². The molecule has 0 atom stereocenters. The average molecular weight is 260 g/mol. The molecule has 0 amide bonds. The van der Waals surface area contributed by atoms with E-state index in [0.29, 0.717) is 11.6 Å². The summed E-state index contributed by atoms with van der Waals surface area (Å²) in [7, 11) is 0. The lowest BCUT2D eigenvalue weighted by Gasteiger charge is -2.09. The number of carboxylic acid groups (broad SMARTS) is 1. The van der Waals surface area contributed by atoms with Crippen LogP contribution in [-0.4, -0.2) is 26.2 Å². The van der Waals surface area contributed by atoms with E-state index in [-0.39, 0.29) is 12.1 Å². The Hall–Kier alpha value is -2.44. The first-order valence-corrected chi connectivity index (χ1v) is 5.99. The van der Waals surface area contributed by atoms with Crippen molar-refractivity contribution in [2.75, 3.05) is 5.32 Å². The molecule has 0 aliphatic heterocycles. The zero-order chi connectivity index (χ0) is 13.2. The van der Waals surface area contributed by atoms with Crippen molar-refractivity contribution >= 4 is 11.8 Å². The third-order valence-corrected chi connectivity index (χ3v) is 3.10. The van der Waals surface area contributed by atoms with Crippen LogP contribution in [0.15, 0.2) is 17.0 Å². The number of rotatable bonds is 4. The summed E-state index contributed by atoms with van der Waals surface area (Å²) in [6, 6.07) is 1.70. The molecule has 0 aromatic carbocycles. The average Bonchev–Trinajstić information content (AvgIpc) is 3.05. The molecule has 0 saturated heterocycles. The van der Waals surface area contributed by atoms with Gasteiger partial charge in [0.2, 0.25) is 6.39 Å². The molecule has 0 fully saturated rings. The van der Waals surface area contributed by atoms with Gasteiger partial charge in [0.15, 0.2) is 5.82 Å². The van der Waals surface area contributed by atoms with E-state index in [4.69, 9.17) is 0 Å². The molecular formula is C12H12N4O3. The third kappa shape index (κ3) is 2.26. The summed E-state index contributed by atoms with van der Waals surface area (Å²) in [5.41, 5.74) is 2.19. The van der Waals surface area contributed by atoms with Gasteiger partial charge in [0.25, 0.3) is 0 Å². The Labute approximate surface area is 108 Å². The van der Waals surface area contributed by atoms with Gasteiger partial charge in [-0.3, -0.25) is 0 Å². The van der Waals surface area contributed by atoms with Crippen molar-refractivity contribution in [1.29, 1.82) is 0 Å². The molecule has 1 aliphatic rings. The van der Waals surface area contributed by atoms with Crippen LogP contribution in [0.25, 0.3) is 0 Å². The molecule has 19 heavy (non-hydrogen) atoms. The Morgan fingerprint density at radius 2 is 2.37 bits per heavy atom. The summed E-state index contributed by atoms with van der Waals surface area (Å²) in [5.74, 6) is -0.172. The van der Waals surface area contributed by atoms with Gasteiger partial charge < -0.3 is 14.9 Å². The number of hydrogen-bond donors (Lipinski definition) is 2. The summed E-state index contributed by atoms with van der Waals surface area (Å²) >= 11 is 0. The normalized spacial score (nSPS) is 13.3. The largest absolute Gasteiger partial charge is 0.478 e. The number of anilines is 1. The lowest BCUT2D eigenvalue weighted by molar-refractivity contribution is 0.0697. The van der Waals surface area contributed by atoms with E-state index in [1.807, 2.05) is 0 Å². The summed E-state index contributed by atoms with van der Waals surface area (Å²) in [6.45, 7) is 0.280. The minimum atomic E-state index is -0.988. The van der Waals surface area contributed by atoms with Crippen LogP contribution in [0.5, 0.6) is 0 Å². The fourth-order valence-electron chi connectivity index (χ4n) is 2.20. The summed E-state index contributed by atoms with van der Waals surface area (Å²) in [6.07, 6.45) is 4.04. The molecule has 7 nitrogen and oxygen atoms in total. The molecule has 2 heterocycles. The number of aromatic nitrogens is 3. The van der Waals surface area contributed by atoms with E-state index in [1.54, 1.807) is 6.07 Å². The fraction of sp³-hybridized carbons (Fsp3) is 0.333. The standard InChI is InChI=1S/C12H12N4O3/c17-12(18)8-4-7-2-1-3-9(7)15-11(8)13-5-10-14-6-19-16-10/h4,6H,1-3,5H2,(H,13,15)(H,17,18). The quantitative estimate of drug-likeness (QED) is 0.853. The van der Waals surface area contributed by atoms with E-state index in [0.717, 1.165) is 30.5 Å². The number of aryl methyl sites for hydroxylation is 2. The highest BCUT2D eigenvalue weighted by Gasteiger charge is 2.19. The number of pyridine rings is 1.